The molecule has 0 aliphatic carbocycles. The lowest BCUT2D eigenvalue weighted by molar-refractivity contribution is -0.166. The van der Waals surface area contributed by atoms with Gasteiger partial charge in [0.25, 0.3) is 0 Å². The van der Waals surface area contributed by atoms with E-state index >= 15 is 0 Å². The van der Waals surface area contributed by atoms with Gasteiger partial charge in [-0.05, 0) is 83.5 Å². The average molecular weight is 1100 g/mol. The van der Waals surface area contributed by atoms with Crippen LogP contribution in [0.25, 0.3) is 0 Å². The number of ether oxygens (including phenoxy) is 3. The minimum atomic E-state index is -0.803. The topological polar surface area (TPSA) is 78.9 Å². The molecular formula is C73H128O6. The molecule has 0 saturated carbocycles. The first-order valence-corrected chi connectivity index (χ1v) is 34.1. The standard InChI is InChI=1S/C73H128O6/c1-4-7-10-13-16-19-22-25-27-28-29-30-31-32-33-34-35-36-37-38-39-40-41-42-43-44-46-48-51-54-57-60-63-66-72(75)78-69-70(68-77-71(74)65-62-59-56-53-50-47-24-21-18-15-12-9-6-3)79-73(76)67-64-61-58-55-52-49-45-26-23-20-17-14-11-8-5-2/h9,12,18,21-22,25,28-29,31-32,47,50,56,59,70H,4-8,10-11,13-17,19-20,23-24,26-27,30,33-46,48-49,51-55,57-58,60-69H2,1-3H3/b12-9-,21-18-,25-22-,29-28-,32-31-,50-47-,59-56-. The molecule has 0 rings (SSSR count). The molecule has 0 aromatic heterocycles. The molecule has 0 bridgehead atoms. The zero-order valence-corrected chi connectivity index (χ0v) is 52.4. The second kappa shape index (κ2) is 67.1. The Morgan fingerprint density at radius 2 is 0.519 bits per heavy atom. The Hall–Kier alpha value is -3.41. The normalized spacial score (nSPS) is 12.6. The van der Waals surface area contributed by atoms with Crippen molar-refractivity contribution in [2.45, 2.75) is 348 Å². The van der Waals surface area contributed by atoms with Crippen molar-refractivity contribution in [1.29, 1.82) is 0 Å². The first-order chi connectivity index (χ1) is 39.0. The predicted molar refractivity (Wildman–Crippen MR) is 344 cm³/mol. The van der Waals surface area contributed by atoms with Gasteiger partial charge in [-0.1, -0.05) is 324 Å². The highest BCUT2D eigenvalue weighted by Gasteiger charge is 2.19. The Morgan fingerprint density at radius 3 is 0.848 bits per heavy atom. The van der Waals surface area contributed by atoms with Crippen molar-refractivity contribution in [3.05, 3.63) is 85.1 Å². The first-order valence-electron chi connectivity index (χ1n) is 34.1. The minimum absolute atomic E-state index is 0.0941. The summed E-state index contributed by atoms with van der Waals surface area (Å²) >= 11 is 0. The van der Waals surface area contributed by atoms with Crippen molar-refractivity contribution >= 4 is 17.9 Å². The van der Waals surface area contributed by atoms with E-state index in [1.54, 1.807) is 0 Å². The quantitative estimate of drug-likeness (QED) is 0.0261. The van der Waals surface area contributed by atoms with Gasteiger partial charge < -0.3 is 14.2 Å². The highest BCUT2D eigenvalue weighted by molar-refractivity contribution is 5.71. The number of unbranched alkanes of at least 4 members (excludes halogenated alkanes) is 37. The molecule has 0 amide bonds. The fraction of sp³-hybridized carbons (Fsp3) is 0.767. The monoisotopic (exact) mass is 1100 g/mol. The van der Waals surface area contributed by atoms with E-state index < -0.39 is 6.10 Å². The third-order valence-corrected chi connectivity index (χ3v) is 14.9. The van der Waals surface area contributed by atoms with E-state index in [-0.39, 0.29) is 37.5 Å². The molecule has 6 nitrogen and oxygen atoms in total. The summed E-state index contributed by atoms with van der Waals surface area (Å²) in [5.74, 6) is -0.963. The van der Waals surface area contributed by atoms with Crippen LogP contribution in [0.5, 0.6) is 0 Å². The molecule has 0 aromatic rings. The number of hydrogen-bond donors (Lipinski definition) is 0. The maximum absolute atomic E-state index is 12.9. The predicted octanol–water partition coefficient (Wildman–Crippen LogP) is 23.4. The molecule has 0 saturated heterocycles. The smallest absolute Gasteiger partial charge is 0.306 e. The summed E-state index contributed by atoms with van der Waals surface area (Å²) in [6, 6.07) is 0. The van der Waals surface area contributed by atoms with E-state index in [1.807, 2.05) is 6.08 Å². The van der Waals surface area contributed by atoms with Crippen LogP contribution in [-0.4, -0.2) is 37.2 Å². The molecule has 1 atom stereocenters. The van der Waals surface area contributed by atoms with E-state index in [4.69, 9.17) is 14.2 Å². The Labute approximate surface area is 490 Å². The van der Waals surface area contributed by atoms with Gasteiger partial charge in [-0.2, -0.15) is 0 Å². The largest absolute Gasteiger partial charge is 0.462 e. The molecular weight excluding hydrogens is 973 g/mol. The maximum Gasteiger partial charge on any atom is 0.306 e. The second-order valence-electron chi connectivity index (χ2n) is 22.7. The molecule has 0 aliphatic rings. The van der Waals surface area contributed by atoms with Crippen molar-refractivity contribution in [3.63, 3.8) is 0 Å². The van der Waals surface area contributed by atoms with Gasteiger partial charge >= 0.3 is 17.9 Å². The summed E-state index contributed by atoms with van der Waals surface area (Å²) in [5.41, 5.74) is 0. The molecule has 0 fully saturated rings. The van der Waals surface area contributed by atoms with Crippen molar-refractivity contribution in [3.8, 4) is 0 Å². The van der Waals surface area contributed by atoms with E-state index in [2.05, 4.69) is 99.8 Å². The molecule has 0 aromatic carbocycles. The molecule has 456 valence electrons. The van der Waals surface area contributed by atoms with Crippen molar-refractivity contribution in [2.24, 2.45) is 0 Å². The van der Waals surface area contributed by atoms with Crippen LogP contribution in [0, 0.1) is 0 Å². The van der Waals surface area contributed by atoms with Gasteiger partial charge in [0, 0.05) is 19.3 Å². The fourth-order valence-electron chi connectivity index (χ4n) is 9.82. The SMILES string of the molecule is CC/C=C\C/C=C\C/C=C\C/C=C\CCC(=O)OCC(COC(=O)CCCCCCCCCCCCCCCCCCCC/C=C\C/C=C\C/C=C\CCCCCCC)OC(=O)CCCCCCCCCCCCCCCCC. The Balaban J connectivity index is 4.16. The van der Waals surface area contributed by atoms with Crippen LogP contribution >= 0.6 is 0 Å². The van der Waals surface area contributed by atoms with E-state index in [1.165, 1.54) is 218 Å². The Morgan fingerprint density at radius 1 is 0.266 bits per heavy atom. The van der Waals surface area contributed by atoms with Crippen LogP contribution in [0.2, 0.25) is 0 Å². The van der Waals surface area contributed by atoms with E-state index in [0.29, 0.717) is 19.3 Å². The Kier molecular flexibility index (Phi) is 64.2. The number of hydrogen-bond acceptors (Lipinski definition) is 6. The van der Waals surface area contributed by atoms with Crippen molar-refractivity contribution < 1.29 is 28.6 Å². The number of allylic oxidation sites excluding steroid dienone is 14. The summed E-state index contributed by atoms with van der Waals surface area (Å²) in [6.45, 7) is 6.49. The molecule has 0 radical (unpaired) electrons. The molecule has 0 heterocycles. The number of carbonyl (C=O) groups is 3. The zero-order valence-electron chi connectivity index (χ0n) is 52.4. The molecule has 0 aliphatic heterocycles. The lowest BCUT2D eigenvalue weighted by atomic mass is 10.0. The molecule has 79 heavy (non-hydrogen) atoms. The van der Waals surface area contributed by atoms with Gasteiger partial charge in [0.1, 0.15) is 13.2 Å². The number of carbonyl (C=O) groups excluding carboxylic acids is 3. The van der Waals surface area contributed by atoms with E-state index in [0.717, 1.165) is 77.0 Å². The van der Waals surface area contributed by atoms with Gasteiger partial charge in [-0.25, -0.2) is 0 Å². The lowest BCUT2D eigenvalue weighted by Crippen LogP contribution is -2.30. The van der Waals surface area contributed by atoms with Crippen LogP contribution in [0.3, 0.4) is 0 Å². The highest BCUT2D eigenvalue weighted by atomic mass is 16.6. The van der Waals surface area contributed by atoms with Crippen molar-refractivity contribution in [2.75, 3.05) is 13.2 Å². The minimum Gasteiger partial charge on any atom is -0.462 e. The number of rotatable bonds is 62. The molecule has 6 heteroatoms. The molecule has 0 N–H and O–H groups in total. The lowest BCUT2D eigenvalue weighted by Gasteiger charge is -2.18. The van der Waals surface area contributed by atoms with Gasteiger partial charge in [-0.15, -0.1) is 0 Å². The Bertz CT molecular complexity index is 1500. The summed E-state index contributed by atoms with van der Waals surface area (Å²) in [7, 11) is 0. The van der Waals surface area contributed by atoms with Gasteiger partial charge in [-0.3, -0.25) is 14.4 Å². The summed E-state index contributed by atoms with van der Waals surface area (Å²) < 4.78 is 16.9. The third-order valence-electron chi connectivity index (χ3n) is 14.9. The zero-order chi connectivity index (χ0) is 57.1. The third kappa shape index (κ3) is 65.3. The summed E-state index contributed by atoms with van der Waals surface area (Å²) in [4.78, 5) is 38.2. The van der Waals surface area contributed by atoms with Gasteiger partial charge in [0.15, 0.2) is 6.10 Å². The summed E-state index contributed by atoms with van der Waals surface area (Å²) in [6.07, 6.45) is 89.2. The second-order valence-corrected chi connectivity index (χ2v) is 22.7. The highest BCUT2D eigenvalue weighted by Crippen LogP contribution is 2.17. The first kappa shape index (κ1) is 75.6. The summed E-state index contributed by atoms with van der Waals surface area (Å²) in [5, 5.41) is 0. The van der Waals surface area contributed by atoms with Crippen LogP contribution < -0.4 is 0 Å². The van der Waals surface area contributed by atoms with Crippen LogP contribution in [0.4, 0.5) is 0 Å². The molecule has 0 spiro atoms. The maximum atomic E-state index is 12.9. The van der Waals surface area contributed by atoms with Gasteiger partial charge in [0.2, 0.25) is 0 Å². The fourth-order valence-corrected chi connectivity index (χ4v) is 9.82. The average Bonchev–Trinajstić information content (AvgIpc) is 3.45. The van der Waals surface area contributed by atoms with Crippen LogP contribution in [-0.2, 0) is 28.6 Å². The van der Waals surface area contributed by atoms with Crippen LogP contribution in [0.1, 0.15) is 342 Å². The number of esters is 3. The van der Waals surface area contributed by atoms with Crippen molar-refractivity contribution in [1.82, 2.24) is 0 Å². The van der Waals surface area contributed by atoms with Gasteiger partial charge in [0.05, 0.1) is 0 Å². The van der Waals surface area contributed by atoms with E-state index in [9.17, 15) is 14.4 Å². The molecule has 1 unspecified atom stereocenters. The van der Waals surface area contributed by atoms with Crippen LogP contribution in [0.15, 0.2) is 85.1 Å².